The van der Waals surface area contributed by atoms with Gasteiger partial charge in [-0.1, -0.05) is 48.5 Å². The monoisotopic (exact) mass is 436 g/mol. The molecule has 1 fully saturated rings. The largest absolute Gasteiger partial charge is 0.368 e. The highest BCUT2D eigenvalue weighted by Gasteiger charge is 2.37. The highest BCUT2D eigenvalue weighted by atomic mass is 32.2. The van der Waals surface area contributed by atoms with Crippen LogP contribution in [0.5, 0.6) is 0 Å². The Kier molecular flexibility index (Phi) is 5.92. The molecule has 0 radical (unpaired) electrons. The molecule has 7 nitrogen and oxygen atoms in total. The minimum Gasteiger partial charge on any atom is -0.368 e. The molecule has 1 saturated heterocycles. The molecule has 2 amide bonds. The molecule has 0 aliphatic carbocycles. The molecule has 1 heterocycles. The Hall–Kier alpha value is -3.36. The summed E-state index contributed by atoms with van der Waals surface area (Å²) in [6.45, 7) is 1.50. The molecular weight excluding hydrogens is 412 g/mol. The first-order valence-electron chi connectivity index (χ1n) is 9.98. The molecule has 4 rings (SSSR count). The number of rotatable bonds is 5. The van der Waals surface area contributed by atoms with E-state index in [4.69, 9.17) is 5.73 Å². The normalized spacial score (nSPS) is 17.3. The number of piperazine rings is 1. The molecule has 0 bridgehead atoms. The lowest BCUT2D eigenvalue weighted by molar-refractivity contribution is 0.259. The van der Waals surface area contributed by atoms with Crippen molar-refractivity contribution in [3.8, 4) is 0 Å². The summed E-state index contributed by atoms with van der Waals surface area (Å²) in [5, 5.41) is 2.45. The van der Waals surface area contributed by atoms with E-state index >= 15 is 0 Å². The number of carbonyl (C=O) groups is 1. The number of nitrogens with two attached hydrogens (primary N) is 1. The third-order valence-electron chi connectivity index (χ3n) is 5.37. The first-order valence-corrected chi connectivity index (χ1v) is 11.4. The van der Waals surface area contributed by atoms with Gasteiger partial charge in [0.2, 0.25) is 10.0 Å². The van der Waals surface area contributed by atoms with Crippen molar-refractivity contribution in [1.29, 1.82) is 0 Å². The average Bonchev–Trinajstić information content (AvgIpc) is 2.80. The Morgan fingerprint density at radius 3 is 2.10 bits per heavy atom. The number of para-hydroxylation sites is 1. The van der Waals surface area contributed by atoms with Crippen molar-refractivity contribution in [3.63, 3.8) is 0 Å². The van der Waals surface area contributed by atoms with Gasteiger partial charge in [0.05, 0.1) is 10.9 Å². The van der Waals surface area contributed by atoms with Crippen LogP contribution in [0.1, 0.15) is 11.6 Å². The minimum atomic E-state index is -3.75. The van der Waals surface area contributed by atoms with E-state index in [1.54, 1.807) is 4.31 Å². The summed E-state index contributed by atoms with van der Waals surface area (Å²) in [6, 6.07) is 24.7. The highest BCUT2D eigenvalue weighted by molar-refractivity contribution is 7.89. The fourth-order valence-corrected chi connectivity index (χ4v) is 5.46. The van der Waals surface area contributed by atoms with E-state index in [0.29, 0.717) is 25.3 Å². The number of sulfonamides is 1. The standard InChI is InChI=1S/C23H24N4O3S/c24-23(28)25-19-11-13-21(14-12-19)31(29,30)27-16-15-26(20-9-5-2-6-10-20)17-22(27)18-7-3-1-4-8-18/h1-14,22H,15-17H2,(H3,24,25,28). The maximum absolute atomic E-state index is 13.5. The van der Waals surface area contributed by atoms with Gasteiger partial charge in [0.1, 0.15) is 0 Å². The van der Waals surface area contributed by atoms with E-state index in [1.165, 1.54) is 24.3 Å². The number of hydrogen-bond acceptors (Lipinski definition) is 4. The van der Waals surface area contributed by atoms with E-state index in [0.717, 1.165) is 11.3 Å². The van der Waals surface area contributed by atoms with Crippen LogP contribution in [0.3, 0.4) is 0 Å². The van der Waals surface area contributed by atoms with Crippen molar-refractivity contribution in [2.45, 2.75) is 10.9 Å². The molecule has 31 heavy (non-hydrogen) atoms. The number of benzene rings is 3. The van der Waals surface area contributed by atoms with Crippen molar-refractivity contribution in [2.75, 3.05) is 29.9 Å². The quantitative estimate of drug-likeness (QED) is 0.641. The molecule has 3 aromatic rings. The van der Waals surface area contributed by atoms with Gasteiger partial charge < -0.3 is 16.0 Å². The van der Waals surface area contributed by atoms with Crippen molar-refractivity contribution in [3.05, 3.63) is 90.5 Å². The van der Waals surface area contributed by atoms with Crippen molar-refractivity contribution >= 4 is 27.4 Å². The number of carbonyl (C=O) groups excluding carboxylic acids is 1. The van der Waals surface area contributed by atoms with E-state index < -0.39 is 16.1 Å². The lowest BCUT2D eigenvalue weighted by Crippen LogP contribution is -2.50. The molecular formula is C23H24N4O3S. The molecule has 3 aromatic carbocycles. The van der Waals surface area contributed by atoms with Crippen molar-refractivity contribution < 1.29 is 13.2 Å². The summed E-state index contributed by atoms with van der Waals surface area (Å²) < 4.78 is 28.7. The molecule has 0 aromatic heterocycles. The molecule has 1 atom stereocenters. The van der Waals surface area contributed by atoms with Crippen LogP contribution in [0.4, 0.5) is 16.2 Å². The lowest BCUT2D eigenvalue weighted by atomic mass is 10.0. The van der Waals surface area contributed by atoms with Gasteiger partial charge in [-0.25, -0.2) is 13.2 Å². The molecule has 3 N–H and O–H groups in total. The first kappa shape index (κ1) is 20.9. The minimum absolute atomic E-state index is 0.177. The number of nitrogens with zero attached hydrogens (tertiary/aromatic N) is 2. The Morgan fingerprint density at radius 2 is 1.48 bits per heavy atom. The topological polar surface area (TPSA) is 95.7 Å². The summed E-state index contributed by atoms with van der Waals surface area (Å²) in [6.07, 6.45) is 0. The second-order valence-corrected chi connectivity index (χ2v) is 9.23. The summed E-state index contributed by atoms with van der Waals surface area (Å²) in [5.41, 5.74) is 7.59. The van der Waals surface area contributed by atoms with Gasteiger partial charge in [-0.05, 0) is 42.0 Å². The third-order valence-corrected chi connectivity index (χ3v) is 7.29. The van der Waals surface area contributed by atoms with Gasteiger partial charge >= 0.3 is 6.03 Å². The molecule has 0 saturated carbocycles. The van der Waals surface area contributed by atoms with Gasteiger partial charge in [-0.3, -0.25) is 0 Å². The van der Waals surface area contributed by atoms with E-state index in [2.05, 4.69) is 10.2 Å². The van der Waals surface area contributed by atoms with Crippen LogP contribution >= 0.6 is 0 Å². The third kappa shape index (κ3) is 4.55. The van der Waals surface area contributed by atoms with Gasteiger partial charge in [-0.2, -0.15) is 4.31 Å². The van der Waals surface area contributed by atoms with E-state index in [1.807, 2.05) is 60.7 Å². The Balaban J connectivity index is 1.66. The van der Waals surface area contributed by atoms with Crippen LogP contribution in [-0.4, -0.2) is 38.4 Å². The zero-order valence-electron chi connectivity index (χ0n) is 16.9. The van der Waals surface area contributed by atoms with Crippen LogP contribution in [-0.2, 0) is 10.0 Å². The van der Waals surface area contributed by atoms with Crippen molar-refractivity contribution in [1.82, 2.24) is 4.31 Å². The van der Waals surface area contributed by atoms with Crippen LogP contribution in [0.15, 0.2) is 89.8 Å². The van der Waals surface area contributed by atoms with Crippen LogP contribution in [0.25, 0.3) is 0 Å². The summed E-state index contributed by atoms with van der Waals surface area (Å²) in [4.78, 5) is 13.4. The molecule has 8 heteroatoms. The predicted molar refractivity (Wildman–Crippen MR) is 121 cm³/mol. The van der Waals surface area contributed by atoms with E-state index in [-0.39, 0.29) is 10.9 Å². The number of anilines is 2. The first-order chi connectivity index (χ1) is 14.9. The number of amides is 2. The van der Waals surface area contributed by atoms with Gasteiger partial charge in [-0.15, -0.1) is 0 Å². The average molecular weight is 437 g/mol. The Bertz CT molecular complexity index is 1140. The summed E-state index contributed by atoms with van der Waals surface area (Å²) in [5.74, 6) is 0. The SMILES string of the molecule is NC(=O)Nc1ccc(S(=O)(=O)N2CCN(c3ccccc3)CC2c2ccccc2)cc1. The summed E-state index contributed by atoms with van der Waals surface area (Å²) >= 11 is 0. The Morgan fingerprint density at radius 1 is 0.871 bits per heavy atom. The fourth-order valence-electron chi connectivity index (χ4n) is 3.86. The number of urea groups is 1. The maximum atomic E-state index is 13.5. The van der Waals surface area contributed by atoms with Gasteiger partial charge in [0.15, 0.2) is 0 Å². The summed E-state index contributed by atoms with van der Waals surface area (Å²) in [7, 11) is -3.75. The predicted octanol–water partition coefficient (Wildman–Crippen LogP) is 3.43. The van der Waals surface area contributed by atoms with Crippen molar-refractivity contribution in [2.24, 2.45) is 5.73 Å². The van der Waals surface area contributed by atoms with Gasteiger partial charge in [0.25, 0.3) is 0 Å². The van der Waals surface area contributed by atoms with Crippen LogP contribution < -0.4 is 16.0 Å². The molecule has 1 aliphatic rings. The molecule has 1 unspecified atom stereocenters. The smallest absolute Gasteiger partial charge is 0.316 e. The van der Waals surface area contributed by atoms with Gasteiger partial charge in [0, 0.05) is 31.0 Å². The molecule has 1 aliphatic heterocycles. The Labute approximate surface area is 182 Å². The molecule has 160 valence electrons. The number of primary amides is 1. The lowest BCUT2D eigenvalue weighted by Gasteiger charge is -2.41. The number of nitrogens with one attached hydrogen (secondary N) is 1. The molecule has 0 spiro atoms. The second-order valence-electron chi connectivity index (χ2n) is 7.34. The second kappa shape index (κ2) is 8.79. The zero-order valence-corrected chi connectivity index (χ0v) is 17.7. The zero-order chi connectivity index (χ0) is 21.8. The van der Waals surface area contributed by atoms with Crippen LogP contribution in [0.2, 0.25) is 0 Å². The maximum Gasteiger partial charge on any atom is 0.316 e. The number of hydrogen-bond donors (Lipinski definition) is 2. The highest BCUT2D eigenvalue weighted by Crippen LogP contribution is 2.33. The fraction of sp³-hybridized carbons (Fsp3) is 0.174. The van der Waals surface area contributed by atoms with E-state index in [9.17, 15) is 13.2 Å². The van der Waals surface area contributed by atoms with Crippen LogP contribution in [0, 0.1) is 0 Å².